The lowest BCUT2D eigenvalue weighted by Crippen LogP contribution is -2.45. The van der Waals surface area contributed by atoms with Crippen LogP contribution in [0.3, 0.4) is 0 Å². The van der Waals surface area contributed by atoms with E-state index in [9.17, 15) is 5.26 Å². The molecule has 0 spiro atoms. The van der Waals surface area contributed by atoms with Gasteiger partial charge in [0.1, 0.15) is 5.54 Å². The Kier molecular flexibility index (Phi) is 2.47. The summed E-state index contributed by atoms with van der Waals surface area (Å²) in [6, 6.07) is 8.08. The second kappa shape index (κ2) is 3.77. The third-order valence-corrected chi connectivity index (χ3v) is 2.70. The predicted molar refractivity (Wildman–Crippen MR) is 53.4 cm³/mol. The van der Waals surface area contributed by atoms with Crippen LogP contribution in [0.2, 0.25) is 0 Å². The van der Waals surface area contributed by atoms with Crippen molar-refractivity contribution < 1.29 is 0 Å². The zero-order chi connectivity index (χ0) is 9.86. The Bertz CT molecular complexity index is 333. The van der Waals surface area contributed by atoms with Crippen molar-refractivity contribution in [1.82, 2.24) is 10.3 Å². The van der Waals surface area contributed by atoms with Crippen molar-refractivity contribution in [1.29, 1.82) is 5.26 Å². The minimum Gasteiger partial charge on any atom is -0.294 e. The number of piperidine rings is 1. The summed E-state index contributed by atoms with van der Waals surface area (Å²) in [5.41, 5.74) is 0.307. The van der Waals surface area contributed by atoms with Crippen molar-refractivity contribution in [2.24, 2.45) is 0 Å². The van der Waals surface area contributed by atoms with Crippen LogP contribution in [-0.2, 0) is 5.54 Å². The van der Waals surface area contributed by atoms with Crippen LogP contribution in [-0.4, -0.2) is 11.5 Å². The van der Waals surface area contributed by atoms with E-state index in [4.69, 9.17) is 0 Å². The van der Waals surface area contributed by atoms with Gasteiger partial charge in [0.25, 0.3) is 0 Å². The van der Waals surface area contributed by atoms with E-state index in [1.54, 1.807) is 6.20 Å². The van der Waals surface area contributed by atoms with E-state index in [0.717, 1.165) is 31.5 Å². The van der Waals surface area contributed by atoms with Gasteiger partial charge in [-0.15, -0.1) is 0 Å². The smallest absolute Gasteiger partial charge is 0.149 e. The van der Waals surface area contributed by atoms with Crippen molar-refractivity contribution >= 4 is 0 Å². The zero-order valence-corrected chi connectivity index (χ0v) is 8.03. The van der Waals surface area contributed by atoms with Crippen molar-refractivity contribution in [3.8, 4) is 6.07 Å². The lowest BCUT2D eigenvalue weighted by molar-refractivity contribution is 0.323. The van der Waals surface area contributed by atoms with Gasteiger partial charge >= 0.3 is 0 Å². The van der Waals surface area contributed by atoms with Gasteiger partial charge in [0.15, 0.2) is 0 Å². The Hall–Kier alpha value is -1.40. The summed E-state index contributed by atoms with van der Waals surface area (Å²) in [5, 5.41) is 12.5. The summed E-state index contributed by atoms with van der Waals surface area (Å²) in [5.74, 6) is 0. The van der Waals surface area contributed by atoms with E-state index in [1.807, 2.05) is 18.2 Å². The number of rotatable bonds is 1. The Morgan fingerprint density at radius 3 is 2.93 bits per heavy atom. The number of hydrogen-bond acceptors (Lipinski definition) is 3. The van der Waals surface area contributed by atoms with E-state index in [-0.39, 0.29) is 0 Å². The van der Waals surface area contributed by atoms with E-state index in [2.05, 4.69) is 16.4 Å². The highest BCUT2D eigenvalue weighted by molar-refractivity contribution is 5.25. The minimum absolute atomic E-state index is 0.542. The Labute approximate surface area is 83.8 Å². The van der Waals surface area contributed by atoms with Crippen molar-refractivity contribution in [2.75, 3.05) is 6.54 Å². The molecule has 1 aliphatic rings. The number of pyridine rings is 1. The Morgan fingerprint density at radius 2 is 2.36 bits per heavy atom. The van der Waals surface area contributed by atoms with Crippen LogP contribution in [0.4, 0.5) is 0 Å². The maximum Gasteiger partial charge on any atom is 0.149 e. The first-order valence-electron chi connectivity index (χ1n) is 4.95. The summed E-state index contributed by atoms with van der Waals surface area (Å²) in [4.78, 5) is 4.26. The lowest BCUT2D eigenvalue weighted by Gasteiger charge is -2.31. The summed E-state index contributed by atoms with van der Waals surface area (Å²) in [6.45, 7) is 0.907. The highest BCUT2D eigenvalue weighted by Crippen LogP contribution is 2.27. The monoisotopic (exact) mass is 187 g/mol. The fourth-order valence-corrected chi connectivity index (χ4v) is 1.89. The third kappa shape index (κ3) is 1.49. The maximum atomic E-state index is 9.24. The average molecular weight is 187 g/mol. The zero-order valence-electron chi connectivity index (χ0n) is 8.03. The van der Waals surface area contributed by atoms with Gasteiger partial charge in [0.2, 0.25) is 0 Å². The summed E-state index contributed by atoms with van der Waals surface area (Å²) in [7, 11) is 0. The van der Waals surface area contributed by atoms with Crippen LogP contribution < -0.4 is 5.32 Å². The van der Waals surface area contributed by atoms with E-state index in [0.29, 0.717) is 0 Å². The van der Waals surface area contributed by atoms with Gasteiger partial charge in [-0.2, -0.15) is 5.26 Å². The summed E-state index contributed by atoms with van der Waals surface area (Å²) < 4.78 is 0. The largest absolute Gasteiger partial charge is 0.294 e. The molecule has 1 fully saturated rings. The first-order valence-corrected chi connectivity index (χ1v) is 4.95. The van der Waals surface area contributed by atoms with Gasteiger partial charge in [-0.1, -0.05) is 6.07 Å². The molecule has 3 nitrogen and oxygen atoms in total. The molecule has 2 rings (SSSR count). The van der Waals surface area contributed by atoms with Crippen molar-refractivity contribution in [3.63, 3.8) is 0 Å². The predicted octanol–water partition coefficient (Wildman–Crippen LogP) is 1.57. The molecule has 2 heterocycles. The topological polar surface area (TPSA) is 48.7 Å². The minimum atomic E-state index is -0.542. The Balaban J connectivity index is 2.33. The van der Waals surface area contributed by atoms with E-state index in [1.165, 1.54) is 0 Å². The molecule has 0 aromatic carbocycles. The summed E-state index contributed by atoms with van der Waals surface area (Å²) in [6.07, 6.45) is 4.85. The average Bonchev–Trinajstić information content (AvgIpc) is 2.31. The van der Waals surface area contributed by atoms with Crippen LogP contribution in [0.25, 0.3) is 0 Å². The quantitative estimate of drug-likeness (QED) is 0.726. The van der Waals surface area contributed by atoms with E-state index < -0.39 is 5.54 Å². The lowest BCUT2D eigenvalue weighted by atomic mass is 9.87. The SMILES string of the molecule is N#CC1(c2ccccn2)CCCCN1. The number of aromatic nitrogens is 1. The van der Waals surface area contributed by atoms with Crippen LogP contribution in [0, 0.1) is 11.3 Å². The van der Waals surface area contributed by atoms with Gasteiger partial charge < -0.3 is 0 Å². The van der Waals surface area contributed by atoms with Gasteiger partial charge in [-0.25, -0.2) is 0 Å². The molecule has 1 unspecified atom stereocenters. The second-order valence-corrected chi connectivity index (χ2v) is 3.62. The maximum absolute atomic E-state index is 9.24. The van der Waals surface area contributed by atoms with Gasteiger partial charge in [0, 0.05) is 6.20 Å². The van der Waals surface area contributed by atoms with Crippen molar-refractivity contribution in [3.05, 3.63) is 30.1 Å². The molecule has 1 aromatic rings. The standard InChI is InChI=1S/C11H13N3/c12-9-11(6-2-4-8-14-11)10-5-1-3-7-13-10/h1,3,5,7,14H,2,4,6,8H2. The molecule has 3 heteroatoms. The number of nitriles is 1. The van der Waals surface area contributed by atoms with Gasteiger partial charge in [0.05, 0.1) is 11.8 Å². The highest BCUT2D eigenvalue weighted by Gasteiger charge is 2.34. The third-order valence-electron chi connectivity index (χ3n) is 2.70. The number of hydrogen-bond donors (Lipinski definition) is 1. The van der Waals surface area contributed by atoms with Gasteiger partial charge in [-0.3, -0.25) is 10.3 Å². The van der Waals surface area contributed by atoms with Crippen LogP contribution in [0.15, 0.2) is 24.4 Å². The molecule has 1 aliphatic heterocycles. The molecule has 14 heavy (non-hydrogen) atoms. The first kappa shape index (κ1) is 9.17. The van der Waals surface area contributed by atoms with Crippen molar-refractivity contribution in [2.45, 2.75) is 24.8 Å². The van der Waals surface area contributed by atoms with Crippen LogP contribution in [0.1, 0.15) is 25.0 Å². The molecule has 0 saturated carbocycles. The summed E-state index contributed by atoms with van der Waals surface area (Å²) >= 11 is 0. The molecule has 0 bridgehead atoms. The molecule has 1 saturated heterocycles. The number of nitrogens with one attached hydrogen (secondary N) is 1. The molecule has 0 amide bonds. The molecular formula is C11H13N3. The van der Waals surface area contributed by atoms with Gasteiger partial charge in [-0.05, 0) is 37.9 Å². The fourth-order valence-electron chi connectivity index (χ4n) is 1.89. The molecule has 1 N–H and O–H groups in total. The molecule has 0 aliphatic carbocycles. The molecule has 72 valence electrons. The molecule has 1 atom stereocenters. The van der Waals surface area contributed by atoms with E-state index >= 15 is 0 Å². The fraction of sp³-hybridized carbons (Fsp3) is 0.455. The molecular weight excluding hydrogens is 174 g/mol. The van der Waals surface area contributed by atoms with Crippen LogP contribution in [0.5, 0.6) is 0 Å². The normalized spacial score (nSPS) is 26.8. The van der Waals surface area contributed by atoms with Crippen LogP contribution >= 0.6 is 0 Å². The first-order chi connectivity index (χ1) is 6.87. The highest BCUT2D eigenvalue weighted by atomic mass is 15.0. The molecule has 0 radical (unpaired) electrons. The Morgan fingerprint density at radius 1 is 1.43 bits per heavy atom. The number of nitrogens with zero attached hydrogens (tertiary/aromatic N) is 2. The molecule has 1 aromatic heterocycles. The second-order valence-electron chi connectivity index (χ2n) is 3.62.